The van der Waals surface area contributed by atoms with Crippen LogP contribution in [0.5, 0.6) is 0 Å². The van der Waals surface area contributed by atoms with Gasteiger partial charge in [-0.25, -0.2) is 0 Å². The third kappa shape index (κ3) is 67.3. The summed E-state index contributed by atoms with van der Waals surface area (Å²) in [7, 11) is 0. The van der Waals surface area contributed by atoms with Crippen molar-refractivity contribution in [3.63, 3.8) is 0 Å². The van der Waals surface area contributed by atoms with E-state index in [9.17, 15) is 14.4 Å². The first-order valence-electron chi connectivity index (χ1n) is 35.1. The van der Waals surface area contributed by atoms with Crippen molar-refractivity contribution in [3.8, 4) is 0 Å². The Labute approximate surface area is 503 Å². The van der Waals surface area contributed by atoms with Gasteiger partial charge in [-0.1, -0.05) is 298 Å². The van der Waals surface area contributed by atoms with Gasteiger partial charge < -0.3 is 14.2 Å². The molecular formula is C75H132O6. The fourth-order valence-corrected chi connectivity index (χ4v) is 10.0. The molecule has 0 aliphatic carbocycles. The lowest BCUT2D eigenvalue weighted by atomic mass is 10.0. The first-order chi connectivity index (χ1) is 40.0. The largest absolute Gasteiger partial charge is 0.462 e. The maximum atomic E-state index is 12.9. The predicted octanol–water partition coefficient (Wildman–Crippen LogP) is 24.2. The highest BCUT2D eigenvalue weighted by Crippen LogP contribution is 2.17. The summed E-state index contributed by atoms with van der Waals surface area (Å²) in [5.74, 6) is -0.889. The molecule has 0 heterocycles. The standard InChI is InChI=1S/C75H132O6/c1-4-7-10-13-16-19-22-25-28-31-33-34-35-36-37-38-39-40-41-42-43-45-47-50-53-56-59-62-65-68-74(77)80-71-72(70-79-73(76)67-64-61-58-55-52-49-46-30-27-24-21-18-15-12-9-6-3)81-75(78)69-66-63-60-57-54-51-48-44-32-29-26-23-20-17-14-11-8-5-2/h20-25,29-33,35-36,46,72H,4-19,26-28,34,37-45,47-71H2,1-3H3/b23-20-,24-21-,25-22-,32-29-,33-31-,36-35-,46-30-. The number of unbranched alkanes of at least 4 members (excludes halogenated alkanes) is 39. The van der Waals surface area contributed by atoms with Gasteiger partial charge in [-0.3, -0.25) is 14.4 Å². The molecule has 0 aromatic rings. The number of esters is 3. The van der Waals surface area contributed by atoms with Gasteiger partial charge in [0.2, 0.25) is 0 Å². The third-order valence-electron chi connectivity index (χ3n) is 15.3. The fourth-order valence-electron chi connectivity index (χ4n) is 10.0. The molecule has 0 spiro atoms. The first kappa shape index (κ1) is 77.6. The Hall–Kier alpha value is -3.41. The van der Waals surface area contributed by atoms with Crippen LogP contribution in [0.25, 0.3) is 0 Å². The summed E-state index contributed by atoms with van der Waals surface area (Å²) in [5, 5.41) is 0. The molecule has 6 heteroatoms. The summed E-state index contributed by atoms with van der Waals surface area (Å²) in [6, 6.07) is 0. The summed E-state index contributed by atoms with van der Waals surface area (Å²) in [6.07, 6.45) is 91.7. The van der Waals surface area contributed by atoms with E-state index in [1.54, 1.807) is 0 Å². The molecule has 0 aliphatic heterocycles. The SMILES string of the molecule is CCCCCC/C=C\C/C=C\CCCCCCCCCC(=O)OC(COC(=O)CCCCCCC/C=C\C/C=C\CCCCCC)COC(=O)CCCCCCCCCCCCCCCC/C=C\C/C=C\C/C=C\CCCCCCC. The van der Waals surface area contributed by atoms with E-state index in [1.165, 1.54) is 212 Å². The van der Waals surface area contributed by atoms with Gasteiger partial charge in [0.15, 0.2) is 6.10 Å². The normalized spacial score (nSPS) is 12.6. The Balaban J connectivity index is 4.30. The summed E-state index contributed by atoms with van der Waals surface area (Å²) in [6.45, 7) is 6.62. The highest BCUT2D eigenvalue weighted by Gasteiger charge is 2.19. The number of hydrogen-bond acceptors (Lipinski definition) is 6. The molecule has 0 saturated carbocycles. The average molecular weight is 1130 g/mol. The van der Waals surface area contributed by atoms with E-state index in [0.717, 1.165) is 103 Å². The van der Waals surface area contributed by atoms with Gasteiger partial charge in [-0.05, 0) is 122 Å². The van der Waals surface area contributed by atoms with Crippen molar-refractivity contribution < 1.29 is 28.6 Å². The number of hydrogen-bond donors (Lipinski definition) is 0. The molecule has 0 fully saturated rings. The molecule has 1 unspecified atom stereocenters. The summed E-state index contributed by atoms with van der Waals surface area (Å²) in [4.78, 5) is 38.4. The first-order valence-corrected chi connectivity index (χ1v) is 35.1. The molecular weight excluding hydrogens is 997 g/mol. The van der Waals surface area contributed by atoms with E-state index in [2.05, 4.69) is 106 Å². The minimum Gasteiger partial charge on any atom is -0.462 e. The zero-order chi connectivity index (χ0) is 58.5. The molecule has 0 aliphatic rings. The van der Waals surface area contributed by atoms with Crippen molar-refractivity contribution in [2.75, 3.05) is 13.2 Å². The van der Waals surface area contributed by atoms with E-state index in [0.29, 0.717) is 19.3 Å². The van der Waals surface area contributed by atoms with Crippen LogP contribution in [0.4, 0.5) is 0 Å². The van der Waals surface area contributed by atoms with Gasteiger partial charge in [-0.2, -0.15) is 0 Å². The molecule has 0 bridgehead atoms. The van der Waals surface area contributed by atoms with Crippen molar-refractivity contribution in [1.29, 1.82) is 0 Å². The van der Waals surface area contributed by atoms with Crippen LogP contribution in [0.1, 0.15) is 355 Å². The fraction of sp³-hybridized carbons (Fsp3) is 0.773. The summed E-state index contributed by atoms with van der Waals surface area (Å²) in [5.41, 5.74) is 0. The quantitative estimate of drug-likeness (QED) is 0.0261. The van der Waals surface area contributed by atoms with Gasteiger partial charge in [0.1, 0.15) is 13.2 Å². The Bertz CT molecular complexity index is 1530. The second kappa shape index (κ2) is 69.1. The zero-order valence-electron chi connectivity index (χ0n) is 53.8. The molecule has 0 saturated heterocycles. The van der Waals surface area contributed by atoms with Gasteiger partial charge in [0, 0.05) is 19.3 Å². The highest BCUT2D eigenvalue weighted by molar-refractivity contribution is 5.71. The Morgan fingerprint density at radius 3 is 0.704 bits per heavy atom. The van der Waals surface area contributed by atoms with Crippen LogP contribution in [0, 0.1) is 0 Å². The minimum absolute atomic E-state index is 0.0828. The lowest BCUT2D eigenvalue weighted by Crippen LogP contribution is -2.30. The van der Waals surface area contributed by atoms with E-state index >= 15 is 0 Å². The number of carbonyl (C=O) groups is 3. The van der Waals surface area contributed by atoms with Gasteiger partial charge in [0.05, 0.1) is 0 Å². The van der Waals surface area contributed by atoms with Crippen LogP contribution in [0.2, 0.25) is 0 Å². The molecule has 0 aromatic carbocycles. The number of carbonyl (C=O) groups excluding carboxylic acids is 3. The second-order valence-electron chi connectivity index (χ2n) is 23.4. The van der Waals surface area contributed by atoms with Crippen LogP contribution in [0.3, 0.4) is 0 Å². The van der Waals surface area contributed by atoms with Crippen molar-refractivity contribution in [2.24, 2.45) is 0 Å². The average Bonchev–Trinajstić information content (AvgIpc) is 3.47. The molecule has 1 atom stereocenters. The molecule has 81 heavy (non-hydrogen) atoms. The van der Waals surface area contributed by atoms with Gasteiger partial charge in [0.25, 0.3) is 0 Å². The van der Waals surface area contributed by atoms with Crippen LogP contribution in [-0.4, -0.2) is 37.2 Å². The van der Waals surface area contributed by atoms with Gasteiger partial charge >= 0.3 is 17.9 Å². The van der Waals surface area contributed by atoms with E-state index < -0.39 is 6.10 Å². The topological polar surface area (TPSA) is 78.9 Å². The van der Waals surface area contributed by atoms with Crippen molar-refractivity contribution in [2.45, 2.75) is 361 Å². The number of ether oxygens (including phenoxy) is 3. The number of rotatable bonds is 64. The second-order valence-corrected chi connectivity index (χ2v) is 23.4. The molecule has 6 nitrogen and oxygen atoms in total. The zero-order valence-corrected chi connectivity index (χ0v) is 53.8. The molecule has 0 N–H and O–H groups in total. The predicted molar refractivity (Wildman–Crippen MR) is 353 cm³/mol. The smallest absolute Gasteiger partial charge is 0.306 e. The number of allylic oxidation sites excluding steroid dienone is 14. The highest BCUT2D eigenvalue weighted by atomic mass is 16.6. The van der Waals surface area contributed by atoms with E-state index in [1.807, 2.05) is 0 Å². The maximum absolute atomic E-state index is 12.9. The van der Waals surface area contributed by atoms with Crippen molar-refractivity contribution in [1.82, 2.24) is 0 Å². The van der Waals surface area contributed by atoms with E-state index in [4.69, 9.17) is 14.2 Å². The molecule has 0 amide bonds. The van der Waals surface area contributed by atoms with Crippen LogP contribution < -0.4 is 0 Å². The van der Waals surface area contributed by atoms with Crippen molar-refractivity contribution >= 4 is 17.9 Å². The molecule has 0 aromatic heterocycles. The van der Waals surface area contributed by atoms with Gasteiger partial charge in [-0.15, -0.1) is 0 Å². The van der Waals surface area contributed by atoms with E-state index in [-0.39, 0.29) is 31.1 Å². The summed E-state index contributed by atoms with van der Waals surface area (Å²) >= 11 is 0. The third-order valence-corrected chi connectivity index (χ3v) is 15.3. The Morgan fingerprint density at radius 2 is 0.444 bits per heavy atom. The Kier molecular flexibility index (Phi) is 66.2. The maximum Gasteiger partial charge on any atom is 0.306 e. The van der Waals surface area contributed by atoms with Crippen LogP contribution >= 0.6 is 0 Å². The summed E-state index contributed by atoms with van der Waals surface area (Å²) < 4.78 is 17.0. The minimum atomic E-state index is -0.789. The van der Waals surface area contributed by atoms with Crippen LogP contribution in [-0.2, 0) is 28.6 Å². The van der Waals surface area contributed by atoms with Crippen LogP contribution in [0.15, 0.2) is 85.1 Å². The monoisotopic (exact) mass is 1130 g/mol. The molecule has 0 radical (unpaired) electrons. The Morgan fingerprint density at radius 1 is 0.247 bits per heavy atom. The lowest BCUT2D eigenvalue weighted by Gasteiger charge is -2.18. The lowest BCUT2D eigenvalue weighted by molar-refractivity contribution is -0.167. The molecule has 0 rings (SSSR count). The van der Waals surface area contributed by atoms with Crippen molar-refractivity contribution in [3.05, 3.63) is 85.1 Å². The molecule has 468 valence electrons.